The molecule has 0 spiro atoms. The van der Waals surface area contributed by atoms with Gasteiger partial charge in [0, 0.05) is 11.4 Å². The highest BCUT2D eigenvalue weighted by Gasteiger charge is 2.58. The van der Waals surface area contributed by atoms with Crippen LogP contribution in [-0.2, 0) is 10.2 Å². The van der Waals surface area contributed by atoms with Crippen LogP contribution in [-0.4, -0.2) is 5.97 Å². The molecule has 0 heterocycles. The van der Waals surface area contributed by atoms with E-state index in [1.54, 1.807) is 0 Å². The summed E-state index contributed by atoms with van der Waals surface area (Å²) in [4.78, 5) is 11.8. The molecule has 1 aromatic carbocycles. The van der Waals surface area contributed by atoms with Gasteiger partial charge in [-0.15, -0.1) is 0 Å². The van der Waals surface area contributed by atoms with Gasteiger partial charge in [0.1, 0.15) is 0 Å². The van der Waals surface area contributed by atoms with Gasteiger partial charge in [0.05, 0.1) is 0 Å². The number of hydrogen-bond donors (Lipinski definition) is 0. The highest BCUT2D eigenvalue weighted by Crippen LogP contribution is 2.65. The van der Waals surface area contributed by atoms with Crippen molar-refractivity contribution in [1.82, 2.24) is 0 Å². The molecule has 4 fully saturated rings. The van der Waals surface area contributed by atoms with Gasteiger partial charge in [-0.25, -0.2) is 0 Å². The lowest BCUT2D eigenvalue weighted by molar-refractivity contribution is -0.327. The maximum atomic E-state index is 11.8. The van der Waals surface area contributed by atoms with Crippen LogP contribution in [0.3, 0.4) is 0 Å². The number of aliphatic carboxylic acids is 1. The Bertz CT molecular complexity index is 602. The van der Waals surface area contributed by atoms with Crippen molar-refractivity contribution in [2.24, 2.45) is 17.3 Å². The number of carboxylic acids is 1. The van der Waals surface area contributed by atoms with E-state index in [2.05, 4.69) is 32.0 Å². The lowest BCUT2D eigenvalue weighted by atomic mass is 9.43. The Morgan fingerprint density at radius 1 is 1.10 bits per heavy atom. The smallest absolute Gasteiger partial charge is 0.0476 e. The number of carboxylic acid groups (broad SMARTS) is 1. The lowest BCUT2D eigenvalue weighted by Crippen LogP contribution is -2.59. The number of benzene rings is 1. The van der Waals surface area contributed by atoms with Crippen LogP contribution in [0.1, 0.15) is 55.2 Å². The van der Waals surface area contributed by atoms with Crippen molar-refractivity contribution >= 4 is 5.97 Å². The molecule has 2 unspecified atom stereocenters. The van der Waals surface area contributed by atoms with Crippen molar-refractivity contribution in [3.8, 4) is 0 Å². The number of aryl methyl sites for hydroxylation is 2. The maximum Gasteiger partial charge on any atom is 0.0476 e. The number of rotatable bonds is 2. The lowest BCUT2D eigenvalue weighted by Gasteiger charge is -2.62. The van der Waals surface area contributed by atoms with E-state index in [1.807, 2.05) is 0 Å². The van der Waals surface area contributed by atoms with E-state index in [0.717, 1.165) is 19.3 Å². The van der Waals surface area contributed by atoms with Crippen LogP contribution in [0.5, 0.6) is 0 Å². The standard InChI is InChI=1S/C19H24O2/c1-12-3-4-16(5-13(12)2)18-7-14-6-15(8-18)10-19(9-14,11-18)17(20)21/h3-5,14-15H,6-11H2,1-2H3,(H,20,21)/p-1/t14-,15+,18?,19?. The van der Waals surface area contributed by atoms with Gasteiger partial charge in [0.15, 0.2) is 0 Å². The minimum atomic E-state index is -0.787. The normalized spacial score (nSPS) is 40.5. The number of hydrogen-bond acceptors (Lipinski definition) is 2. The molecule has 0 aromatic heterocycles. The zero-order valence-electron chi connectivity index (χ0n) is 12.9. The molecule has 4 aliphatic carbocycles. The summed E-state index contributed by atoms with van der Waals surface area (Å²) < 4.78 is 0. The molecular weight excluding hydrogens is 260 g/mol. The third kappa shape index (κ3) is 1.81. The molecular formula is C19H23O2-. The van der Waals surface area contributed by atoms with E-state index in [9.17, 15) is 9.90 Å². The second-order valence-electron chi connectivity index (χ2n) is 8.11. The number of carbonyl (C=O) groups is 1. The molecule has 0 radical (unpaired) electrons. The molecule has 5 rings (SSSR count). The van der Waals surface area contributed by atoms with Crippen molar-refractivity contribution in [3.05, 3.63) is 34.9 Å². The molecule has 1 aromatic rings. The zero-order valence-corrected chi connectivity index (χ0v) is 12.9. The summed E-state index contributed by atoms with van der Waals surface area (Å²) in [5.41, 5.74) is 3.58. The summed E-state index contributed by atoms with van der Waals surface area (Å²) in [6.07, 6.45) is 6.12. The first-order chi connectivity index (χ1) is 9.92. The Hall–Kier alpha value is -1.31. The highest BCUT2D eigenvalue weighted by molar-refractivity contribution is 5.73. The van der Waals surface area contributed by atoms with Gasteiger partial charge < -0.3 is 9.90 Å². The van der Waals surface area contributed by atoms with Gasteiger partial charge in [-0.3, -0.25) is 0 Å². The molecule has 0 aliphatic heterocycles. The average Bonchev–Trinajstić information content (AvgIpc) is 2.40. The molecule has 4 bridgehead atoms. The fraction of sp³-hybridized carbons (Fsp3) is 0.632. The zero-order chi connectivity index (χ0) is 14.8. The van der Waals surface area contributed by atoms with Crippen LogP contribution in [0.25, 0.3) is 0 Å². The van der Waals surface area contributed by atoms with Gasteiger partial charge in [0.25, 0.3) is 0 Å². The molecule has 21 heavy (non-hydrogen) atoms. The van der Waals surface area contributed by atoms with Crippen LogP contribution < -0.4 is 5.11 Å². The first-order valence-electron chi connectivity index (χ1n) is 8.22. The Kier molecular flexibility index (Phi) is 2.62. The largest absolute Gasteiger partial charge is 0.550 e. The van der Waals surface area contributed by atoms with Crippen molar-refractivity contribution in [2.75, 3.05) is 0 Å². The summed E-state index contributed by atoms with van der Waals surface area (Å²) in [7, 11) is 0. The quantitative estimate of drug-likeness (QED) is 0.837. The molecule has 4 saturated carbocycles. The summed E-state index contributed by atoms with van der Waals surface area (Å²) in [6, 6.07) is 6.76. The van der Waals surface area contributed by atoms with Gasteiger partial charge in [-0.05, 0) is 86.3 Å². The first-order valence-corrected chi connectivity index (χ1v) is 8.22. The van der Waals surface area contributed by atoms with E-state index in [1.165, 1.54) is 36.0 Å². The van der Waals surface area contributed by atoms with Crippen molar-refractivity contribution in [3.63, 3.8) is 0 Å². The van der Waals surface area contributed by atoms with E-state index in [-0.39, 0.29) is 5.41 Å². The van der Waals surface area contributed by atoms with Crippen LogP contribution >= 0.6 is 0 Å². The summed E-state index contributed by atoms with van der Waals surface area (Å²) in [5.74, 6) is 0.390. The fourth-order valence-corrected chi connectivity index (χ4v) is 5.91. The monoisotopic (exact) mass is 283 g/mol. The van der Waals surface area contributed by atoms with E-state index < -0.39 is 11.4 Å². The van der Waals surface area contributed by atoms with Crippen LogP contribution in [0, 0.1) is 31.1 Å². The van der Waals surface area contributed by atoms with Crippen molar-refractivity contribution in [1.29, 1.82) is 0 Å². The van der Waals surface area contributed by atoms with E-state index in [4.69, 9.17) is 0 Å². The molecule has 2 nitrogen and oxygen atoms in total. The van der Waals surface area contributed by atoms with Gasteiger partial charge in [-0.1, -0.05) is 18.2 Å². The molecule has 112 valence electrons. The Labute approximate surface area is 126 Å². The van der Waals surface area contributed by atoms with Crippen LogP contribution in [0.2, 0.25) is 0 Å². The fourth-order valence-electron chi connectivity index (χ4n) is 5.91. The van der Waals surface area contributed by atoms with E-state index in [0.29, 0.717) is 11.8 Å². The van der Waals surface area contributed by atoms with Gasteiger partial charge in [0.2, 0.25) is 0 Å². The Balaban J connectivity index is 1.80. The molecule has 4 aliphatic rings. The van der Waals surface area contributed by atoms with Crippen molar-refractivity contribution in [2.45, 2.75) is 57.8 Å². The predicted octanol–water partition coefficient (Wildman–Crippen LogP) is 2.89. The second-order valence-corrected chi connectivity index (χ2v) is 8.11. The predicted molar refractivity (Wildman–Crippen MR) is 79.7 cm³/mol. The molecule has 0 saturated heterocycles. The molecule has 0 N–H and O–H groups in total. The third-order valence-corrected chi connectivity index (χ3v) is 6.61. The minimum Gasteiger partial charge on any atom is -0.550 e. The van der Waals surface area contributed by atoms with Crippen LogP contribution in [0.15, 0.2) is 18.2 Å². The summed E-state index contributed by atoms with van der Waals surface area (Å²) >= 11 is 0. The topological polar surface area (TPSA) is 40.1 Å². The molecule has 4 atom stereocenters. The Morgan fingerprint density at radius 3 is 2.33 bits per heavy atom. The van der Waals surface area contributed by atoms with Gasteiger partial charge >= 0.3 is 0 Å². The highest BCUT2D eigenvalue weighted by atomic mass is 16.4. The SMILES string of the molecule is Cc1ccc(C23C[C@@H]4C[C@@H](CC(C(=O)[O-])(C4)C2)C3)cc1C. The average molecular weight is 283 g/mol. The minimum absolute atomic E-state index is 0.0998. The van der Waals surface area contributed by atoms with E-state index >= 15 is 0 Å². The first kappa shape index (κ1) is 13.4. The van der Waals surface area contributed by atoms with Gasteiger partial charge in [-0.2, -0.15) is 0 Å². The van der Waals surface area contributed by atoms with Crippen LogP contribution in [0.4, 0.5) is 0 Å². The Morgan fingerprint density at radius 2 is 1.76 bits per heavy atom. The van der Waals surface area contributed by atoms with Crippen molar-refractivity contribution < 1.29 is 9.90 Å². The number of carbonyl (C=O) groups excluding carboxylic acids is 1. The summed E-state index contributed by atoms with van der Waals surface area (Å²) in [6.45, 7) is 4.30. The molecule has 0 amide bonds. The third-order valence-electron chi connectivity index (χ3n) is 6.61. The second kappa shape index (κ2) is 4.12. The summed E-state index contributed by atoms with van der Waals surface area (Å²) in [5, 5.41) is 11.8. The maximum absolute atomic E-state index is 11.8. The molecule has 2 heteroatoms.